The van der Waals surface area contributed by atoms with Gasteiger partial charge in [0, 0.05) is 37.4 Å². The number of carbonyl (C=O) groups excluding carboxylic acids is 2. The fraction of sp³-hybridized carbons (Fsp3) is 0.875. The van der Waals surface area contributed by atoms with E-state index in [-0.39, 0.29) is 11.8 Å². The summed E-state index contributed by atoms with van der Waals surface area (Å²) in [5, 5.41) is 3.05. The lowest BCUT2D eigenvalue weighted by molar-refractivity contribution is -0.126. The molecule has 2 atom stereocenters. The quantitative estimate of drug-likeness (QED) is 0.835. The van der Waals surface area contributed by atoms with Crippen molar-refractivity contribution < 1.29 is 9.59 Å². The van der Waals surface area contributed by atoms with Gasteiger partial charge in [-0.3, -0.25) is 14.5 Å². The molecule has 1 saturated heterocycles. The number of carbonyl (C=O) groups is 2. The van der Waals surface area contributed by atoms with Crippen LogP contribution in [0.25, 0.3) is 0 Å². The second-order valence-electron chi connectivity index (χ2n) is 6.66. The number of nitrogens with one attached hydrogen (secondary N) is 1. The number of amides is 1. The molecule has 4 heteroatoms. The van der Waals surface area contributed by atoms with E-state index in [1.54, 1.807) is 0 Å². The Bertz CT molecular complexity index is 379. The topological polar surface area (TPSA) is 49.4 Å². The first-order valence-corrected chi connectivity index (χ1v) is 8.30. The molecule has 2 aliphatic carbocycles. The Morgan fingerprint density at radius 1 is 1.15 bits per heavy atom. The van der Waals surface area contributed by atoms with Gasteiger partial charge >= 0.3 is 0 Å². The Morgan fingerprint density at radius 2 is 2.00 bits per heavy atom. The van der Waals surface area contributed by atoms with E-state index in [9.17, 15) is 9.59 Å². The highest BCUT2D eigenvalue weighted by Crippen LogP contribution is 2.32. The molecule has 1 amide bonds. The maximum atomic E-state index is 12.1. The minimum absolute atomic E-state index is 0.188. The number of Topliss-reactive ketones (excluding diaryl/α,β-unsaturated/α-hetero) is 1. The van der Waals surface area contributed by atoms with Gasteiger partial charge in [0.05, 0.1) is 0 Å². The van der Waals surface area contributed by atoms with Crippen molar-refractivity contribution in [3.05, 3.63) is 0 Å². The highest BCUT2D eigenvalue weighted by atomic mass is 16.1. The molecule has 1 N–H and O–H groups in total. The van der Waals surface area contributed by atoms with Crippen molar-refractivity contribution in [1.82, 2.24) is 10.2 Å². The molecule has 0 radical (unpaired) electrons. The predicted octanol–water partition coefficient (Wildman–Crippen LogP) is 1.88. The maximum Gasteiger partial charge on any atom is 0.221 e. The molecule has 0 aromatic rings. The molecule has 3 rings (SSSR count). The Morgan fingerprint density at radius 3 is 2.75 bits per heavy atom. The molecule has 20 heavy (non-hydrogen) atoms. The molecule has 3 aliphatic rings. The van der Waals surface area contributed by atoms with Crippen molar-refractivity contribution in [2.75, 3.05) is 13.1 Å². The maximum absolute atomic E-state index is 12.1. The SMILES string of the molecule is O=C(CCN1CCCC1C1CCCCC1=O)NC1CC1. The lowest BCUT2D eigenvalue weighted by Gasteiger charge is -2.33. The van der Waals surface area contributed by atoms with Crippen LogP contribution in [0.1, 0.15) is 57.8 Å². The molecule has 0 aromatic carbocycles. The van der Waals surface area contributed by atoms with Crippen LogP contribution in [0.2, 0.25) is 0 Å². The largest absolute Gasteiger partial charge is 0.353 e. The smallest absolute Gasteiger partial charge is 0.221 e. The Labute approximate surface area is 121 Å². The summed E-state index contributed by atoms with van der Waals surface area (Å²) in [6.07, 6.45) is 9.32. The summed E-state index contributed by atoms with van der Waals surface area (Å²) in [7, 11) is 0. The molecule has 2 saturated carbocycles. The van der Waals surface area contributed by atoms with Crippen molar-refractivity contribution in [1.29, 1.82) is 0 Å². The molecule has 1 heterocycles. The summed E-state index contributed by atoms with van der Waals surface area (Å²) in [4.78, 5) is 26.3. The zero-order chi connectivity index (χ0) is 13.9. The zero-order valence-corrected chi connectivity index (χ0v) is 12.3. The number of likely N-dealkylation sites (tertiary alicyclic amines) is 1. The van der Waals surface area contributed by atoms with Gasteiger partial charge < -0.3 is 5.32 Å². The van der Waals surface area contributed by atoms with Crippen LogP contribution in [0, 0.1) is 5.92 Å². The monoisotopic (exact) mass is 278 g/mol. The summed E-state index contributed by atoms with van der Waals surface area (Å²) < 4.78 is 0. The molecule has 0 aromatic heterocycles. The van der Waals surface area contributed by atoms with Crippen LogP contribution >= 0.6 is 0 Å². The van der Waals surface area contributed by atoms with E-state index < -0.39 is 0 Å². The number of hydrogen-bond acceptors (Lipinski definition) is 3. The van der Waals surface area contributed by atoms with Crippen molar-refractivity contribution in [3.8, 4) is 0 Å². The van der Waals surface area contributed by atoms with Gasteiger partial charge in [-0.25, -0.2) is 0 Å². The minimum atomic E-state index is 0.188. The molecule has 0 spiro atoms. The molecule has 3 fully saturated rings. The van der Waals surface area contributed by atoms with Gasteiger partial charge in [0.25, 0.3) is 0 Å². The average molecular weight is 278 g/mol. The second-order valence-corrected chi connectivity index (χ2v) is 6.66. The Balaban J connectivity index is 1.49. The number of hydrogen-bond donors (Lipinski definition) is 1. The summed E-state index contributed by atoms with van der Waals surface area (Å²) in [5.74, 6) is 0.904. The molecule has 0 bridgehead atoms. The van der Waals surface area contributed by atoms with Crippen molar-refractivity contribution >= 4 is 11.7 Å². The van der Waals surface area contributed by atoms with Gasteiger partial charge in [-0.15, -0.1) is 0 Å². The normalized spacial score (nSPS) is 31.5. The summed E-state index contributed by atoms with van der Waals surface area (Å²) in [6.45, 7) is 1.89. The first-order chi connectivity index (χ1) is 9.74. The fourth-order valence-electron chi connectivity index (χ4n) is 3.77. The van der Waals surface area contributed by atoms with Crippen LogP contribution in [-0.2, 0) is 9.59 Å². The third-order valence-corrected chi connectivity index (χ3v) is 5.05. The van der Waals surface area contributed by atoms with Crippen LogP contribution in [0.15, 0.2) is 0 Å². The first-order valence-electron chi connectivity index (χ1n) is 8.30. The standard InChI is InChI=1S/C16H26N2O2/c19-15-6-2-1-4-13(15)14-5-3-10-18(14)11-9-16(20)17-12-7-8-12/h12-14H,1-11H2,(H,17,20). The Hall–Kier alpha value is -0.900. The van der Waals surface area contributed by atoms with Crippen molar-refractivity contribution in [2.24, 2.45) is 5.92 Å². The molecule has 112 valence electrons. The number of rotatable bonds is 5. The molecule has 1 aliphatic heterocycles. The van der Waals surface area contributed by atoms with E-state index in [0.29, 0.717) is 24.3 Å². The molecule has 4 nitrogen and oxygen atoms in total. The van der Waals surface area contributed by atoms with Gasteiger partial charge in [0.15, 0.2) is 0 Å². The predicted molar refractivity (Wildman–Crippen MR) is 77.3 cm³/mol. The van der Waals surface area contributed by atoms with E-state index in [1.165, 1.54) is 12.8 Å². The fourth-order valence-corrected chi connectivity index (χ4v) is 3.77. The Kier molecular flexibility index (Phi) is 4.39. The van der Waals surface area contributed by atoms with E-state index in [4.69, 9.17) is 0 Å². The van der Waals surface area contributed by atoms with Crippen LogP contribution in [0.4, 0.5) is 0 Å². The third-order valence-electron chi connectivity index (χ3n) is 5.05. The average Bonchev–Trinajstić information content (AvgIpc) is 3.13. The van der Waals surface area contributed by atoms with Gasteiger partial charge in [-0.1, -0.05) is 6.42 Å². The van der Waals surface area contributed by atoms with Gasteiger partial charge in [0.1, 0.15) is 5.78 Å². The van der Waals surface area contributed by atoms with Crippen LogP contribution in [0.5, 0.6) is 0 Å². The number of ketones is 1. The van der Waals surface area contributed by atoms with E-state index in [0.717, 1.165) is 51.6 Å². The van der Waals surface area contributed by atoms with Gasteiger partial charge in [-0.2, -0.15) is 0 Å². The highest BCUT2D eigenvalue weighted by molar-refractivity contribution is 5.82. The third kappa shape index (κ3) is 3.40. The van der Waals surface area contributed by atoms with Gasteiger partial charge in [-0.05, 0) is 45.1 Å². The van der Waals surface area contributed by atoms with Crippen LogP contribution in [0.3, 0.4) is 0 Å². The van der Waals surface area contributed by atoms with Crippen LogP contribution in [-0.4, -0.2) is 41.8 Å². The summed E-state index contributed by atoms with van der Waals surface area (Å²) >= 11 is 0. The summed E-state index contributed by atoms with van der Waals surface area (Å²) in [5.41, 5.74) is 0. The van der Waals surface area contributed by atoms with E-state index >= 15 is 0 Å². The number of nitrogens with zero attached hydrogens (tertiary/aromatic N) is 1. The zero-order valence-electron chi connectivity index (χ0n) is 12.3. The molecular formula is C16H26N2O2. The lowest BCUT2D eigenvalue weighted by Crippen LogP contribution is -2.42. The van der Waals surface area contributed by atoms with Gasteiger partial charge in [0.2, 0.25) is 5.91 Å². The molecular weight excluding hydrogens is 252 g/mol. The van der Waals surface area contributed by atoms with Crippen LogP contribution < -0.4 is 5.32 Å². The van der Waals surface area contributed by atoms with E-state index in [1.807, 2.05) is 0 Å². The first kappa shape index (κ1) is 14.1. The summed E-state index contributed by atoms with van der Waals surface area (Å²) in [6, 6.07) is 0.869. The second kappa shape index (κ2) is 6.25. The lowest BCUT2D eigenvalue weighted by atomic mass is 9.82. The van der Waals surface area contributed by atoms with Crippen molar-refractivity contribution in [2.45, 2.75) is 69.9 Å². The highest BCUT2D eigenvalue weighted by Gasteiger charge is 2.36. The van der Waals surface area contributed by atoms with Crippen molar-refractivity contribution in [3.63, 3.8) is 0 Å². The molecule has 2 unspecified atom stereocenters. The minimum Gasteiger partial charge on any atom is -0.353 e. The van der Waals surface area contributed by atoms with E-state index in [2.05, 4.69) is 10.2 Å².